The summed E-state index contributed by atoms with van der Waals surface area (Å²) in [6.45, 7) is 0. The molecule has 1 nitrogen and oxygen atoms in total. The van der Waals surface area contributed by atoms with Crippen LogP contribution in [0.25, 0.3) is 0 Å². The van der Waals surface area contributed by atoms with Crippen molar-refractivity contribution in [3.63, 3.8) is 0 Å². The highest BCUT2D eigenvalue weighted by atomic mass is 33.1. The van der Waals surface area contributed by atoms with E-state index in [0.29, 0.717) is 4.75 Å². The summed E-state index contributed by atoms with van der Waals surface area (Å²) in [7, 11) is 1.72. The molecular weight excluding hydrogens is 200 g/mol. The zero-order chi connectivity index (χ0) is 9.10. The molecule has 74 valence electrons. The van der Waals surface area contributed by atoms with Crippen LogP contribution in [0.5, 0.6) is 0 Å². The zero-order valence-corrected chi connectivity index (χ0v) is 9.41. The van der Waals surface area contributed by atoms with Crippen LogP contribution < -0.4 is 0 Å². The van der Waals surface area contributed by atoms with Crippen molar-refractivity contribution in [2.75, 3.05) is 0 Å². The molecule has 4 aliphatic carbocycles. The summed E-state index contributed by atoms with van der Waals surface area (Å²) < 4.78 is 0.335. The van der Waals surface area contributed by atoms with Crippen molar-refractivity contribution in [3.8, 4) is 0 Å². The van der Waals surface area contributed by atoms with Gasteiger partial charge in [-0.1, -0.05) is 10.8 Å². The van der Waals surface area contributed by atoms with Crippen molar-refractivity contribution in [1.29, 1.82) is 0 Å². The van der Waals surface area contributed by atoms with Gasteiger partial charge >= 0.3 is 0 Å². The summed E-state index contributed by atoms with van der Waals surface area (Å²) >= 11 is 4.41. The van der Waals surface area contributed by atoms with Crippen LogP contribution >= 0.6 is 22.5 Å². The van der Waals surface area contributed by atoms with E-state index >= 15 is 0 Å². The maximum Gasteiger partial charge on any atom is 0.0666 e. The topological polar surface area (TPSA) is 20.2 Å². The van der Waals surface area contributed by atoms with Crippen molar-refractivity contribution >= 4 is 22.5 Å². The van der Waals surface area contributed by atoms with E-state index in [4.69, 9.17) is 0 Å². The maximum atomic E-state index is 10.4. The van der Waals surface area contributed by atoms with Gasteiger partial charge in [-0.2, -0.15) is 0 Å². The van der Waals surface area contributed by atoms with Gasteiger partial charge in [0.2, 0.25) is 0 Å². The lowest BCUT2D eigenvalue weighted by Crippen LogP contribution is -2.57. The molecule has 0 aromatic rings. The van der Waals surface area contributed by atoms with Crippen molar-refractivity contribution < 1.29 is 5.11 Å². The average Bonchev–Trinajstić information content (AvgIpc) is 1.99. The minimum atomic E-state index is -0.306. The second kappa shape index (κ2) is 2.61. The lowest BCUT2D eigenvalue weighted by Gasteiger charge is -2.59. The van der Waals surface area contributed by atoms with Gasteiger partial charge in [0.05, 0.1) is 5.60 Å². The lowest BCUT2D eigenvalue weighted by molar-refractivity contribution is -0.113. The van der Waals surface area contributed by atoms with Gasteiger partial charge in [-0.3, -0.25) is 0 Å². The Morgan fingerprint density at radius 3 is 2.23 bits per heavy atom. The average molecular weight is 216 g/mol. The molecule has 13 heavy (non-hydrogen) atoms. The Morgan fingerprint density at radius 2 is 1.77 bits per heavy atom. The van der Waals surface area contributed by atoms with E-state index in [-0.39, 0.29) is 5.60 Å². The fourth-order valence-electron chi connectivity index (χ4n) is 4.24. The van der Waals surface area contributed by atoms with Gasteiger partial charge in [0.25, 0.3) is 0 Å². The van der Waals surface area contributed by atoms with Gasteiger partial charge in [-0.05, 0) is 50.4 Å². The summed E-state index contributed by atoms with van der Waals surface area (Å²) in [6.07, 6.45) is 7.12. The number of hydrogen-bond acceptors (Lipinski definition) is 3. The molecule has 4 aliphatic rings. The third-order valence-corrected chi connectivity index (χ3v) is 6.20. The minimum absolute atomic E-state index is 0.306. The Morgan fingerprint density at radius 1 is 1.15 bits per heavy atom. The Hall–Kier alpha value is 0.660. The largest absolute Gasteiger partial charge is 0.390 e. The van der Waals surface area contributed by atoms with Gasteiger partial charge < -0.3 is 5.11 Å². The molecule has 0 radical (unpaired) electrons. The molecule has 3 heteroatoms. The highest BCUT2D eigenvalue weighted by molar-refractivity contribution is 8.69. The molecule has 0 spiro atoms. The third-order valence-electron chi connectivity index (χ3n) is 4.17. The number of hydrogen-bond donors (Lipinski definition) is 2. The molecular formula is C10H16OS2. The van der Waals surface area contributed by atoms with Gasteiger partial charge in [-0.15, -0.1) is 11.7 Å². The van der Waals surface area contributed by atoms with E-state index in [1.54, 1.807) is 10.8 Å². The first kappa shape index (κ1) is 8.93. The van der Waals surface area contributed by atoms with E-state index in [2.05, 4.69) is 11.7 Å². The van der Waals surface area contributed by atoms with Crippen molar-refractivity contribution in [2.24, 2.45) is 11.8 Å². The second-order valence-corrected chi connectivity index (χ2v) is 7.06. The molecule has 0 saturated heterocycles. The van der Waals surface area contributed by atoms with Crippen LogP contribution in [-0.2, 0) is 0 Å². The van der Waals surface area contributed by atoms with Crippen LogP contribution in [0.3, 0.4) is 0 Å². The fourth-order valence-corrected chi connectivity index (χ4v) is 5.83. The van der Waals surface area contributed by atoms with E-state index < -0.39 is 0 Å². The Labute approximate surface area is 88.5 Å². The zero-order valence-electron chi connectivity index (χ0n) is 7.70. The molecule has 4 saturated carbocycles. The summed E-state index contributed by atoms with van der Waals surface area (Å²) in [4.78, 5) is 0. The standard InChI is InChI=1S/C10H16OS2/c11-9-2-7-1-8(3-9)5-10(4-7,6-9)13-12/h7-8,11-12H,1-6H2. The molecule has 4 rings (SSSR count). The fraction of sp³-hybridized carbons (Fsp3) is 1.00. The van der Waals surface area contributed by atoms with E-state index in [0.717, 1.165) is 31.1 Å². The van der Waals surface area contributed by atoms with Gasteiger partial charge in [-0.25, -0.2) is 0 Å². The Balaban J connectivity index is 1.95. The van der Waals surface area contributed by atoms with Gasteiger partial charge in [0, 0.05) is 4.75 Å². The quantitative estimate of drug-likeness (QED) is 0.519. The van der Waals surface area contributed by atoms with Crippen LogP contribution in [0, 0.1) is 11.8 Å². The second-order valence-electron chi connectivity index (χ2n) is 5.46. The van der Waals surface area contributed by atoms with Crippen LogP contribution in [-0.4, -0.2) is 15.5 Å². The normalized spacial score (nSPS) is 58.6. The highest BCUT2D eigenvalue weighted by Crippen LogP contribution is 2.62. The summed E-state index contributed by atoms with van der Waals surface area (Å²) in [5.41, 5.74) is -0.306. The molecule has 1 N–H and O–H groups in total. The monoisotopic (exact) mass is 216 g/mol. The smallest absolute Gasteiger partial charge is 0.0666 e. The van der Waals surface area contributed by atoms with Crippen molar-refractivity contribution in [3.05, 3.63) is 0 Å². The van der Waals surface area contributed by atoms with E-state index in [1.807, 2.05) is 0 Å². The SMILES string of the molecule is OC12CC3CC(C1)CC(SS)(C3)C2. The molecule has 2 unspecified atom stereocenters. The Bertz CT molecular complexity index is 227. The first-order chi connectivity index (χ1) is 6.13. The first-order valence-electron chi connectivity index (χ1n) is 5.18. The predicted octanol–water partition coefficient (Wildman–Crippen LogP) is 2.65. The molecule has 2 atom stereocenters. The van der Waals surface area contributed by atoms with Gasteiger partial charge in [0.15, 0.2) is 0 Å². The van der Waals surface area contributed by atoms with Crippen LogP contribution in [0.1, 0.15) is 38.5 Å². The van der Waals surface area contributed by atoms with E-state index in [9.17, 15) is 5.11 Å². The van der Waals surface area contributed by atoms with Crippen LogP contribution in [0.15, 0.2) is 0 Å². The number of aliphatic hydroxyl groups is 1. The van der Waals surface area contributed by atoms with E-state index in [1.165, 1.54) is 19.3 Å². The molecule has 4 fully saturated rings. The molecule has 4 bridgehead atoms. The molecule has 0 aromatic carbocycles. The summed E-state index contributed by atoms with van der Waals surface area (Å²) in [6, 6.07) is 0. The summed E-state index contributed by atoms with van der Waals surface area (Å²) in [5.74, 6) is 1.59. The molecule has 0 amide bonds. The predicted molar refractivity (Wildman–Crippen MR) is 58.9 cm³/mol. The number of thiol groups is 1. The van der Waals surface area contributed by atoms with Gasteiger partial charge in [0.1, 0.15) is 0 Å². The number of rotatable bonds is 1. The Kier molecular flexibility index (Phi) is 1.80. The molecule has 0 aromatic heterocycles. The molecule has 0 heterocycles. The molecule has 0 aliphatic heterocycles. The van der Waals surface area contributed by atoms with Crippen molar-refractivity contribution in [2.45, 2.75) is 48.9 Å². The third kappa shape index (κ3) is 1.27. The maximum absolute atomic E-state index is 10.4. The van der Waals surface area contributed by atoms with Crippen LogP contribution in [0.2, 0.25) is 0 Å². The minimum Gasteiger partial charge on any atom is -0.390 e. The van der Waals surface area contributed by atoms with Crippen LogP contribution in [0.4, 0.5) is 0 Å². The van der Waals surface area contributed by atoms with Crippen molar-refractivity contribution in [1.82, 2.24) is 0 Å². The first-order valence-corrected chi connectivity index (χ1v) is 7.05. The highest BCUT2D eigenvalue weighted by Gasteiger charge is 2.57. The lowest BCUT2D eigenvalue weighted by atomic mass is 9.54. The summed E-state index contributed by atoms with van der Waals surface area (Å²) in [5, 5.41) is 10.4.